The lowest BCUT2D eigenvalue weighted by molar-refractivity contribution is 0.0828. The molecular weight excluding hydrogens is 336 g/mol. The highest BCUT2D eigenvalue weighted by Crippen LogP contribution is 2.16. The van der Waals surface area contributed by atoms with Crippen molar-refractivity contribution >= 4 is 11.8 Å². The molecule has 0 saturated carbocycles. The van der Waals surface area contributed by atoms with E-state index in [9.17, 15) is 9.59 Å². The number of hydrogen-bond donors (Lipinski definition) is 2. The molecule has 7 heteroatoms. The average molecular weight is 354 g/mol. The standard InChI is InChI=1S/C19H18N2O5/c1-12-10-16(13(2)26-12)18(22)20-21-19(23)17-14(8-9-24-17)11-25-15-6-4-3-5-7-15/h3-10H,11H2,1-2H3,(H,20,22)(H,21,23). The minimum atomic E-state index is -0.576. The van der Waals surface area contributed by atoms with Crippen LogP contribution in [0.4, 0.5) is 0 Å². The number of hydrazine groups is 1. The molecule has 2 heterocycles. The Kier molecular flexibility index (Phi) is 5.07. The summed E-state index contributed by atoms with van der Waals surface area (Å²) in [7, 11) is 0. The van der Waals surface area contributed by atoms with Gasteiger partial charge < -0.3 is 13.6 Å². The summed E-state index contributed by atoms with van der Waals surface area (Å²) in [5, 5.41) is 0. The predicted molar refractivity (Wildman–Crippen MR) is 92.6 cm³/mol. The van der Waals surface area contributed by atoms with E-state index in [-0.39, 0.29) is 12.4 Å². The van der Waals surface area contributed by atoms with Crippen molar-refractivity contribution in [2.24, 2.45) is 0 Å². The fourth-order valence-electron chi connectivity index (χ4n) is 2.42. The van der Waals surface area contributed by atoms with Gasteiger partial charge in [-0.05, 0) is 38.1 Å². The molecule has 0 aliphatic carbocycles. The van der Waals surface area contributed by atoms with Gasteiger partial charge in [-0.3, -0.25) is 20.4 Å². The van der Waals surface area contributed by atoms with Gasteiger partial charge >= 0.3 is 5.91 Å². The van der Waals surface area contributed by atoms with Crippen LogP contribution in [0.3, 0.4) is 0 Å². The normalized spacial score (nSPS) is 10.4. The molecule has 0 aliphatic heterocycles. The first-order valence-corrected chi connectivity index (χ1v) is 7.96. The molecule has 26 heavy (non-hydrogen) atoms. The Morgan fingerprint density at radius 2 is 1.77 bits per heavy atom. The Morgan fingerprint density at radius 3 is 2.46 bits per heavy atom. The lowest BCUT2D eigenvalue weighted by Gasteiger charge is -2.08. The number of hydrogen-bond acceptors (Lipinski definition) is 5. The smallest absolute Gasteiger partial charge is 0.305 e. The van der Waals surface area contributed by atoms with Crippen LogP contribution in [-0.2, 0) is 6.61 Å². The molecule has 134 valence electrons. The van der Waals surface area contributed by atoms with Gasteiger partial charge in [-0.25, -0.2) is 0 Å². The van der Waals surface area contributed by atoms with Gasteiger partial charge in [0.1, 0.15) is 23.9 Å². The third-order valence-corrected chi connectivity index (χ3v) is 3.67. The van der Waals surface area contributed by atoms with E-state index < -0.39 is 11.8 Å². The summed E-state index contributed by atoms with van der Waals surface area (Å²) in [4.78, 5) is 24.4. The van der Waals surface area contributed by atoms with Gasteiger partial charge in [0, 0.05) is 5.56 Å². The molecule has 0 aliphatic rings. The van der Waals surface area contributed by atoms with E-state index in [1.807, 2.05) is 30.3 Å². The summed E-state index contributed by atoms with van der Waals surface area (Å²) in [5.74, 6) is 0.796. The van der Waals surface area contributed by atoms with Crippen LogP contribution in [0, 0.1) is 13.8 Å². The summed E-state index contributed by atoms with van der Waals surface area (Å²) in [5.41, 5.74) is 5.59. The van der Waals surface area contributed by atoms with Crippen molar-refractivity contribution in [2.45, 2.75) is 20.5 Å². The number of aryl methyl sites for hydroxylation is 2. The third-order valence-electron chi connectivity index (χ3n) is 3.67. The third kappa shape index (κ3) is 3.94. The van der Waals surface area contributed by atoms with E-state index in [0.717, 1.165) is 0 Å². The van der Waals surface area contributed by atoms with Crippen molar-refractivity contribution in [1.82, 2.24) is 10.9 Å². The molecule has 0 atom stereocenters. The van der Waals surface area contributed by atoms with Gasteiger partial charge in [-0.2, -0.15) is 0 Å². The van der Waals surface area contributed by atoms with Crippen LogP contribution >= 0.6 is 0 Å². The first-order valence-electron chi connectivity index (χ1n) is 7.96. The molecule has 7 nitrogen and oxygen atoms in total. The average Bonchev–Trinajstić information content (AvgIpc) is 3.24. The maximum absolute atomic E-state index is 12.3. The molecule has 2 amide bonds. The monoisotopic (exact) mass is 354 g/mol. The second-order valence-electron chi connectivity index (χ2n) is 5.61. The van der Waals surface area contributed by atoms with Crippen molar-refractivity contribution in [3.8, 4) is 5.75 Å². The van der Waals surface area contributed by atoms with Crippen molar-refractivity contribution in [3.63, 3.8) is 0 Å². The van der Waals surface area contributed by atoms with Crippen LogP contribution in [0.2, 0.25) is 0 Å². The first kappa shape index (κ1) is 17.3. The van der Waals surface area contributed by atoms with Gasteiger partial charge in [0.05, 0.1) is 11.8 Å². The van der Waals surface area contributed by atoms with E-state index >= 15 is 0 Å². The Balaban J connectivity index is 1.59. The SMILES string of the molecule is Cc1cc(C(=O)NNC(=O)c2occc2COc2ccccc2)c(C)o1. The topological polar surface area (TPSA) is 93.7 Å². The van der Waals surface area contributed by atoms with E-state index in [4.69, 9.17) is 13.6 Å². The van der Waals surface area contributed by atoms with Gasteiger partial charge in [-0.1, -0.05) is 18.2 Å². The minimum absolute atomic E-state index is 0.0707. The van der Waals surface area contributed by atoms with E-state index in [1.165, 1.54) is 6.26 Å². The number of nitrogens with one attached hydrogen (secondary N) is 2. The number of rotatable bonds is 5. The highest BCUT2D eigenvalue weighted by molar-refractivity contribution is 5.99. The molecule has 0 radical (unpaired) electrons. The Hall–Kier alpha value is -3.48. The molecule has 0 unspecified atom stereocenters. The summed E-state index contributed by atoms with van der Waals surface area (Å²) in [6, 6.07) is 12.5. The number of furan rings is 2. The number of amides is 2. The van der Waals surface area contributed by atoms with Crippen molar-refractivity contribution in [1.29, 1.82) is 0 Å². The van der Waals surface area contributed by atoms with E-state index in [0.29, 0.717) is 28.4 Å². The molecule has 1 aromatic carbocycles. The fourth-order valence-corrected chi connectivity index (χ4v) is 2.42. The maximum atomic E-state index is 12.3. The van der Waals surface area contributed by atoms with Crippen LogP contribution in [0.25, 0.3) is 0 Å². The van der Waals surface area contributed by atoms with Gasteiger partial charge in [0.25, 0.3) is 5.91 Å². The molecule has 0 bridgehead atoms. The Morgan fingerprint density at radius 1 is 1.04 bits per heavy atom. The highest BCUT2D eigenvalue weighted by atomic mass is 16.5. The number of ether oxygens (including phenoxy) is 1. The summed E-state index contributed by atoms with van der Waals surface area (Å²) >= 11 is 0. The maximum Gasteiger partial charge on any atom is 0.305 e. The molecule has 2 N–H and O–H groups in total. The Labute approximate surface area is 149 Å². The number of carbonyl (C=O) groups is 2. The van der Waals surface area contributed by atoms with Gasteiger partial charge in [-0.15, -0.1) is 0 Å². The Bertz CT molecular complexity index is 911. The second-order valence-corrected chi connectivity index (χ2v) is 5.61. The molecule has 0 saturated heterocycles. The van der Waals surface area contributed by atoms with Gasteiger partial charge in [0.15, 0.2) is 5.76 Å². The van der Waals surface area contributed by atoms with Gasteiger partial charge in [0.2, 0.25) is 0 Å². The summed E-state index contributed by atoms with van der Waals surface area (Å²) < 4.78 is 16.1. The predicted octanol–water partition coefficient (Wildman–Crippen LogP) is 3.14. The van der Waals surface area contributed by atoms with Crippen LogP contribution in [-0.4, -0.2) is 11.8 Å². The lowest BCUT2D eigenvalue weighted by Crippen LogP contribution is -2.41. The van der Waals surface area contributed by atoms with Crippen LogP contribution < -0.4 is 15.6 Å². The quantitative estimate of drug-likeness (QED) is 0.687. The van der Waals surface area contributed by atoms with Crippen LogP contribution in [0.15, 0.2) is 57.6 Å². The van der Waals surface area contributed by atoms with Crippen molar-refractivity contribution in [3.05, 3.63) is 77.1 Å². The highest BCUT2D eigenvalue weighted by Gasteiger charge is 2.18. The zero-order valence-electron chi connectivity index (χ0n) is 14.4. The molecule has 2 aromatic heterocycles. The fraction of sp³-hybridized carbons (Fsp3) is 0.158. The number of benzene rings is 1. The number of para-hydroxylation sites is 1. The molecule has 0 spiro atoms. The lowest BCUT2D eigenvalue weighted by atomic mass is 10.2. The zero-order valence-corrected chi connectivity index (χ0v) is 14.4. The molecular formula is C19H18N2O5. The molecule has 0 fully saturated rings. The first-order chi connectivity index (χ1) is 12.5. The second kappa shape index (κ2) is 7.60. The van der Waals surface area contributed by atoms with E-state index in [2.05, 4.69) is 10.9 Å². The number of carbonyl (C=O) groups excluding carboxylic acids is 2. The van der Waals surface area contributed by atoms with Crippen molar-refractivity contribution < 1.29 is 23.2 Å². The summed E-state index contributed by atoms with van der Waals surface area (Å²) in [6.45, 7) is 3.58. The zero-order chi connectivity index (χ0) is 18.5. The van der Waals surface area contributed by atoms with Crippen LogP contribution in [0.5, 0.6) is 5.75 Å². The van der Waals surface area contributed by atoms with Crippen LogP contribution in [0.1, 0.15) is 38.0 Å². The molecule has 3 aromatic rings. The largest absolute Gasteiger partial charge is 0.489 e. The minimum Gasteiger partial charge on any atom is -0.489 e. The summed E-state index contributed by atoms with van der Waals surface area (Å²) in [6.07, 6.45) is 1.39. The molecule has 3 rings (SSSR count). The van der Waals surface area contributed by atoms with Crippen molar-refractivity contribution in [2.75, 3.05) is 0 Å². The van der Waals surface area contributed by atoms with E-state index in [1.54, 1.807) is 26.0 Å².